The molecule has 0 fully saturated rings. The van der Waals surface area contributed by atoms with Crippen LogP contribution in [0, 0.1) is 0 Å². The molecular weight excluding hydrogens is 348 g/mol. The van der Waals surface area contributed by atoms with Crippen LogP contribution in [0.4, 0.5) is 0 Å². The van der Waals surface area contributed by atoms with Gasteiger partial charge in [-0.25, -0.2) is 0 Å². The number of para-hydroxylation sites is 1. The smallest absolute Gasteiger partial charge is 0.149 e. The predicted octanol–water partition coefficient (Wildman–Crippen LogP) is 6.87. The Bertz CT molecular complexity index is 1070. The lowest BCUT2D eigenvalue weighted by Gasteiger charge is -2.32. The van der Waals surface area contributed by atoms with Gasteiger partial charge in [-0.15, -0.1) is 0 Å². The minimum atomic E-state index is 0.0934. The first kappa shape index (κ1) is 16.5. The van der Waals surface area contributed by atoms with Gasteiger partial charge in [0.25, 0.3) is 0 Å². The van der Waals surface area contributed by atoms with Gasteiger partial charge in [0.1, 0.15) is 11.2 Å². The molecule has 2 atom stereocenters. The topological polar surface area (TPSA) is 9.23 Å². The van der Waals surface area contributed by atoms with Crippen LogP contribution in [0.25, 0.3) is 10.8 Å². The molecule has 1 aliphatic heterocycles. The van der Waals surface area contributed by atoms with Gasteiger partial charge in [0.15, 0.2) is 0 Å². The second kappa shape index (κ2) is 7.13. The fourth-order valence-electron chi connectivity index (χ4n) is 3.90. The minimum Gasteiger partial charge on any atom is -0.479 e. The van der Waals surface area contributed by atoms with E-state index >= 15 is 0 Å². The van der Waals surface area contributed by atoms with Crippen LogP contribution in [0.2, 0.25) is 0 Å². The third-order valence-corrected chi connectivity index (χ3v) is 6.35. The minimum absolute atomic E-state index is 0.0934. The highest BCUT2D eigenvalue weighted by Gasteiger charge is 2.30. The summed E-state index contributed by atoms with van der Waals surface area (Å²) in [4.78, 5) is 1.28. The molecule has 0 radical (unpaired) electrons. The maximum absolute atomic E-state index is 6.40. The van der Waals surface area contributed by atoms with Crippen molar-refractivity contribution in [1.82, 2.24) is 0 Å². The molecule has 0 spiro atoms. The first-order chi connectivity index (χ1) is 13.4. The Balaban J connectivity index is 1.51. The van der Waals surface area contributed by atoms with Crippen LogP contribution in [0.15, 0.2) is 102 Å². The van der Waals surface area contributed by atoms with E-state index < -0.39 is 0 Å². The van der Waals surface area contributed by atoms with E-state index in [0.29, 0.717) is 5.92 Å². The Labute approximate surface area is 164 Å². The normalized spacial score (nSPS) is 18.7. The van der Waals surface area contributed by atoms with E-state index in [4.69, 9.17) is 4.74 Å². The van der Waals surface area contributed by atoms with Gasteiger partial charge in [-0.3, -0.25) is 0 Å². The standard InChI is InChI=1S/C25H20OS/c1-2-9-19(10-3-1)22-17-25(26-23-15-7-6-14-21(22)23)27-24-16-8-12-18-11-4-5-13-20(18)24/h1-16,22,25H,17H2/t22-,25-/m0/s1. The quantitative estimate of drug-likeness (QED) is 0.390. The predicted molar refractivity (Wildman–Crippen MR) is 114 cm³/mol. The summed E-state index contributed by atoms with van der Waals surface area (Å²) >= 11 is 1.83. The lowest BCUT2D eigenvalue weighted by Crippen LogP contribution is -2.23. The zero-order valence-electron chi connectivity index (χ0n) is 14.9. The summed E-state index contributed by atoms with van der Waals surface area (Å²) in [6.45, 7) is 0. The molecule has 1 heterocycles. The average Bonchev–Trinajstić information content (AvgIpc) is 2.74. The van der Waals surface area contributed by atoms with E-state index in [9.17, 15) is 0 Å². The molecule has 0 N–H and O–H groups in total. The highest BCUT2D eigenvalue weighted by Crippen LogP contribution is 2.45. The summed E-state index contributed by atoms with van der Waals surface area (Å²) in [5, 5.41) is 2.57. The summed E-state index contributed by atoms with van der Waals surface area (Å²) in [5.41, 5.74) is 2.74. The number of hydrogen-bond acceptors (Lipinski definition) is 2. The van der Waals surface area contributed by atoms with Crippen LogP contribution < -0.4 is 4.74 Å². The van der Waals surface area contributed by atoms with Gasteiger partial charge < -0.3 is 4.74 Å². The van der Waals surface area contributed by atoms with Crippen molar-refractivity contribution < 1.29 is 4.74 Å². The molecule has 4 aromatic rings. The number of hydrogen-bond donors (Lipinski definition) is 0. The maximum Gasteiger partial charge on any atom is 0.149 e. The van der Waals surface area contributed by atoms with Gasteiger partial charge in [-0.05, 0) is 28.5 Å². The number of thioether (sulfide) groups is 1. The van der Waals surface area contributed by atoms with Crippen molar-refractivity contribution in [3.63, 3.8) is 0 Å². The molecule has 0 saturated heterocycles. The van der Waals surface area contributed by atoms with Crippen LogP contribution in [-0.2, 0) is 0 Å². The van der Waals surface area contributed by atoms with Crippen LogP contribution >= 0.6 is 11.8 Å². The molecule has 2 heteroatoms. The molecular formula is C25H20OS. The molecule has 27 heavy (non-hydrogen) atoms. The van der Waals surface area contributed by atoms with E-state index in [2.05, 4.69) is 97.1 Å². The van der Waals surface area contributed by atoms with Crippen LogP contribution in [0.3, 0.4) is 0 Å². The molecule has 0 aliphatic carbocycles. The summed E-state index contributed by atoms with van der Waals surface area (Å²) < 4.78 is 6.40. The molecule has 0 aromatic heterocycles. The Morgan fingerprint density at radius 1 is 0.704 bits per heavy atom. The van der Waals surface area contributed by atoms with E-state index in [1.54, 1.807) is 0 Å². The van der Waals surface area contributed by atoms with Gasteiger partial charge in [-0.1, -0.05) is 96.7 Å². The lowest BCUT2D eigenvalue weighted by molar-refractivity contribution is 0.245. The third-order valence-electron chi connectivity index (χ3n) is 5.19. The van der Waals surface area contributed by atoms with Gasteiger partial charge in [0, 0.05) is 22.8 Å². The second-order valence-corrected chi connectivity index (χ2v) is 8.08. The van der Waals surface area contributed by atoms with Gasteiger partial charge in [-0.2, -0.15) is 0 Å². The highest BCUT2D eigenvalue weighted by molar-refractivity contribution is 8.00. The number of benzene rings is 4. The summed E-state index contributed by atoms with van der Waals surface area (Å²) in [6, 6.07) is 34.3. The van der Waals surface area contributed by atoms with Crippen molar-refractivity contribution in [2.45, 2.75) is 22.7 Å². The number of rotatable bonds is 3. The first-order valence-corrected chi connectivity index (χ1v) is 10.2. The van der Waals surface area contributed by atoms with E-state index in [1.807, 2.05) is 11.8 Å². The largest absolute Gasteiger partial charge is 0.479 e. The van der Waals surface area contributed by atoms with E-state index in [-0.39, 0.29) is 5.44 Å². The Morgan fingerprint density at radius 2 is 1.44 bits per heavy atom. The summed E-state index contributed by atoms with van der Waals surface area (Å²) in [5.74, 6) is 1.37. The fourth-order valence-corrected chi connectivity index (χ4v) is 5.09. The van der Waals surface area contributed by atoms with Crippen molar-refractivity contribution >= 4 is 22.5 Å². The second-order valence-electron chi connectivity index (χ2n) is 6.88. The number of fused-ring (bicyclic) bond motifs is 2. The summed E-state index contributed by atoms with van der Waals surface area (Å²) in [6.07, 6.45) is 0.967. The Kier molecular flexibility index (Phi) is 4.35. The zero-order chi connectivity index (χ0) is 18.1. The molecule has 0 amide bonds. The van der Waals surface area contributed by atoms with Crippen LogP contribution in [0.5, 0.6) is 5.75 Å². The molecule has 0 saturated carbocycles. The SMILES string of the molecule is c1ccc([C@@H]2C[C@H](Sc3cccc4ccccc34)Oc3ccccc32)cc1. The Hall–Kier alpha value is -2.71. The van der Waals surface area contributed by atoms with Crippen molar-refractivity contribution in [1.29, 1.82) is 0 Å². The van der Waals surface area contributed by atoms with E-state index in [1.165, 1.54) is 26.8 Å². The molecule has 5 rings (SSSR count). The van der Waals surface area contributed by atoms with Crippen molar-refractivity contribution in [3.05, 3.63) is 108 Å². The number of ether oxygens (including phenoxy) is 1. The molecule has 0 unspecified atom stereocenters. The monoisotopic (exact) mass is 368 g/mol. The lowest BCUT2D eigenvalue weighted by atomic mass is 9.87. The molecule has 4 aromatic carbocycles. The van der Waals surface area contributed by atoms with Crippen molar-refractivity contribution in [2.24, 2.45) is 0 Å². The molecule has 132 valence electrons. The average molecular weight is 369 g/mol. The maximum atomic E-state index is 6.40. The Morgan fingerprint density at radius 3 is 2.37 bits per heavy atom. The van der Waals surface area contributed by atoms with Crippen molar-refractivity contribution in [2.75, 3.05) is 0 Å². The van der Waals surface area contributed by atoms with Gasteiger partial charge in [0.05, 0.1) is 0 Å². The van der Waals surface area contributed by atoms with Crippen LogP contribution in [-0.4, -0.2) is 5.44 Å². The van der Waals surface area contributed by atoms with E-state index in [0.717, 1.165) is 12.2 Å². The molecule has 1 aliphatic rings. The first-order valence-electron chi connectivity index (χ1n) is 9.33. The van der Waals surface area contributed by atoms with Gasteiger partial charge >= 0.3 is 0 Å². The van der Waals surface area contributed by atoms with Crippen molar-refractivity contribution in [3.8, 4) is 5.75 Å². The molecule has 1 nitrogen and oxygen atoms in total. The zero-order valence-corrected chi connectivity index (χ0v) is 15.7. The highest BCUT2D eigenvalue weighted by atomic mass is 32.2. The fraction of sp³-hybridized carbons (Fsp3) is 0.120. The van der Waals surface area contributed by atoms with Gasteiger partial charge in [0.2, 0.25) is 0 Å². The van der Waals surface area contributed by atoms with Crippen LogP contribution in [0.1, 0.15) is 23.5 Å². The third kappa shape index (κ3) is 3.22. The summed E-state index contributed by atoms with van der Waals surface area (Å²) in [7, 11) is 0. The molecule has 0 bridgehead atoms.